The molecule has 10 heteroatoms. The number of piperidine rings is 1. The van der Waals surface area contributed by atoms with Crippen molar-refractivity contribution >= 4 is 12.7 Å². The van der Waals surface area contributed by atoms with Crippen molar-refractivity contribution in [2.75, 3.05) is 33.9 Å². The van der Waals surface area contributed by atoms with Crippen molar-refractivity contribution in [3.8, 4) is 0 Å². The standard InChI is InChI=1S/C20H27NO7.C5H12O.CH2O/c1-3-4-5-25-8-27-19-15-11(7-13-18(19)28-9-26-13)14-10(2)6-12(22)17(23)16(14)21-20(15)24;1-3-4-5-6-2;1-2/h7,11-12,15-17,22-23H,3-6,8-9H2,1-2H3,(H,21,24);3-5H2,1-2H3;1H2. The maximum Gasteiger partial charge on any atom is 0.232 e. The van der Waals surface area contributed by atoms with Crippen LogP contribution in [0.5, 0.6) is 0 Å². The first-order chi connectivity index (χ1) is 17.4. The van der Waals surface area contributed by atoms with E-state index < -0.39 is 24.2 Å². The molecule has 36 heavy (non-hydrogen) atoms. The summed E-state index contributed by atoms with van der Waals surface area (Å²) in [5.74, 6) is 0.142. The van der Waals surface area contributed by atoms with Gasteiger partial charge in [0, 0.05) is 19.6 Å². The lowest BCUT2D eigenvalue weighted by Crippen LogP contribution is -2.60. The van der Waals surface area contributed by atoms with E-state index >= 15 is 0 Å². The number of ether oxygens (including phenoxy) is 5. The van der Waals surface area contributed by atoms with Crippen LogP contribution in [0.1, 0.15) is 52.9 Å². The minimum Gasteiger partial charge on any atom is -0.467 e. The van der Waals surface area contributed by atoms with E-state index in [0.717, 1.165) is 30.6 Å². The number of unbranched alkanes of at least 4 members (excludes halogenated alkanes) is 2. The van der Waals surface area contributed by atoms with E-state index in [0.29, 0.717) is 30.3 Å². The molecule has 2 aliphatic carbocycles. The third-order valence-electron chi connectivity index (χ3n) is 6.50. The normalized spacial score (nSPS) is 28.0. The zero-order valence-electron chi connectivity index (χ0n) is 21.8. The van der Waals surface area contributed by atoms with E-state index in [4.69, 9.17) is 28.5 Å². The molecule has 2 heterocycles. The number of carbonyl (C=O) groups excluding carboxylic acids is 2. The van der Waals surface area contributed by atoms with E-state index in [1.807, 2.05) is 19.8 Å². The highest BCUT2D eigenvalue weighted by Crippen LogP contribution is 2.47. The number of aliphatic hydroxyl groups excluding tert-OH is 2. The maximum absolute atomic E-state index is 13.0. The number of amides is 1. The summed E-state index contributed by atoms with van der Waals surface area (Å²) in [7, 11) is 1.73. The molecule has 0 bridgehead atoms. The van der Waals surface area contributed by atoms with Gasteiger partial charge in [0.2, 0.25) is 18.5 Å². The lowest BCUT2D eigenvalue weighted by atomic mass is 9.68. The Hall–Kier alpha value is -2.40. The summed E-state index contributed by atoms with van der Waals surface area (Å²) < 4.78 is 27.3. The molecule has 0 spiro atoms. The van der Waals surface area contributed by atoms with Gasteiger partial charge in [-0.1, -0.05) is 32.3 Å². The molecule has 10 nitrogen and oxygen atoms in total. The molecule has 5 atom stereocenters. The van der Waals surface area contributed by atoms with Crippen LogP contribution in [0.15, 0.2) is 34.5 Å². The Morgan fingerprint density at radius 3 is 2.47 bits per heavy atom. The summed E-state index contributed by atoms with van der Waals surface area (Å²) in [6.07, 6.45) is 4.65. The number of aliphatic hydroxyl groups is 2. The van der Waals surface area contributed by atoms with Gasteiger partial charge in [0.1, 0.15) is 18.8 Å². The van der Waals surface area contributed by atoms with Crippen molar-refractivity contribution in [3.05, 3.63) is 34.5 Å². The van der Waals surface area contributed by atoms with Crippen LogP contribution in [0.2, 0.25) is 0 Å². The van der Waals surface area contributed by atoms with Crippen LogP contribution in [-0.4, -0.2) is 75.1 Å². The van der Waals surface area contributed by atoms with Crippen molar-refractivity contribution in [1.82, 2.24) is 5.32 Å². The predicted octanol–water partition coefficient (Wildman–Crippen LogP) is 2.31. The van der Waals surface area contributed by atoms with Crippen LogP contribution in [0.25, 0.3) is 0 Å². The number of nitrogens with one attached hydrogen (secondary N) is 1. The Kier molecular flexibility index (Phi) is 12.4. The zero-order chi connectivity index (χ0) is 26.7. The highest BCUT2D eigenvalue weighted by atomic mass is 16.7. The van der Waals surface area contributed by atoms with Gasteiger partial charge < -0.3 is 44.0 Å². The van der Waals surface area contributed by atoms with E-state index in [-0.39, 0.29) is 25.4 Å². The van der Waals surface area contributed by atoms with Crippen molar-refractivity contribution in [2.45, 2.75) is 71.1 Å². The monoisotopic (exact) mass is 511 g/mol. The van der Waals surface area contributed by atoms with Crippen LogP contribution in [0, 0.1) is 11.8 Å². The van der Waals surface area contributed by atoms with Crippen LogP contribution in [-0.2, 0) is 33.3 Å². The van der Waals surface area contributed by atoms with Gasteiger partial charge in [-0.3, -0.25) is 4.79 Å². The topological polar surface area (TPSA) is 133 Å². The summed E-state index contributed by atoms with van der Waals surface area (Å²) in [4.78, 5) is 21.0. The predicted molar refractivity (Wildman–Crippen MR) is 131 cm³/mol. The van der Waals surface area contributed by atoms with E-state index in [9.17, 15) is 15.0 Å². The smallest absolute Gasteiger partial charge is 0.232 e. The Morgan fingerprint density at radius 2 is 1.83 bits per heavy atom. The van der Waals surface area contributed by atoms with Gasteiger partial charge in [0.25, 0.3) is 0 Å². The number of rotatable bonds is 9. The fourth-order valence-electron chi connectivity index (χ4n) is 4.70. The number of carbonyl (C=O) groups is 2. The fourth-order valence-corrected chi connectivity index (χ4v) is 4.70. The second kappa shape index (κ2) is 15.0. The van der Waals surface area contributed by atoms with Crippen LogP contribution >= 0.6 is 0 Å². The lowest BCUT2D eigenvalue weighted by Gasteiger charge is -2.45. The average Bonchev–Trinajstić information content (AvgIpc) is 3.35. The molecular weight excluding hydrogens is 470 g/mol. The zero-order valence-corrected chi connectivity index (χ0v) is 21.8. The molecule has 5 unspecified atom stereocenters. The second-order valence-corrected chi connectivity index (χ2v) is 8.99. The second-order valence-electron chi connectivity index (χ2n) is 8.99. The largest absolute Gasteiger partial charge is 0.467 e. The lowest BCUT2D eigenvalue weighted by molar-refractivity contribution is -0.132. The molecule has 4 aliphatic rings. The quantitative estimate of drug-likeness (QED) is 0.242. The first kappa shape index (κ1) is 29.8. The van der Waals surface area contributed by atoms with E-state index in [1.54, 1.807) is 7.11 Å². The fraction of sp³-hybridized carbons (Fsp3) is 0.692. The summed E-state index contributed by atoms with van der Waals surface area (Å²) >= 11 is 0. The molecule has 0 aromatic rings. The molecule has 1 amide bonds. The molecule has 2 saturated heterocycles. The number of methoxy groups -OCH3 is 1. The number of fused-ring (bicyclic) bond motifs is 4. The summed E-state index contributed by atoms with van der Waals surface area (Å²) in [5, 5.41) is 23.4. The van der Waals surface area contributed by atoms with Gasteiger partial charge in [-0.25, -0.2) is 0 Å². The Labute approximate surface area is 213 Å². The van der Waals surface area contributed by atoms with Crippen LogP contribution in [0.3, 0.4) is 0 Å². The molecule has 4 rings (SSSR count). The van der Waals surface area contributed by atoms with Crippen LogP contribution in [0.4, 0.5) is 0 Å². The SMILES string of the molecule is C=O.CCCCOC.CCCCOCOC1=C2OCOC2=CC2C3=C(C)CC(O)C(O)C3NC(=O)C12. The van der Waals surface area contributed by atoms with Crippen molar-refractivity contribution in [1.29, 1.82) is 0 Å². The molecular formula is C26H41NO9. The molecule has 0 aromatic carbocycles. The first-order valence-corrected chi connectivity index (χ1v) is 12.5. The average molecular weight is 512 g/mol. The van der Waals surface area contributed by atoms with Crippen molar-refractivity contribution < 1.29 is 43.5 Å². The van der Waals surface area contributed by atoms with E-state index in [2.05, 4.69) is 19.2 Å². The van der Waals surface area contributed by atoms with Gasteiger partial charge in [-0.2, -0.15) is 0 Å². The minimum atomic E-state index is -1.05. The highest BCUT2D eigenvalue weighted by Gasteiger charge is 2.52. The molecule has 0 radical (unpaired) electrons. The third-order valence-corrected chi connectivity index (χ3v) is 6.50. The van der Waals surface area contributed by atoms with Gasteiger partial charge in [0.15, 0.2) is 18.3 Å². The Bertz CT molecular complexity index is 818. The minimum absolute atomic E-state index is 0.0226. The molecule has 204 valence electrons. The summed E-state index contributed by atoms with van der Waals surface area (Å²) in [5.41, 5.74) is 1.85. The number of allylic oxidation sites excluding steroid dienone is 1. The van der Waals surface area contributed by atoms with E-state index in [1.165, 1.54) is 12.8 Å². The third kappa shape index (κ3) is 6.88. The Morgan fingerprint density at radius 1 is 1.14 bits per heavy atom. The molecule has 3 N–H and O–H groups in total. The number of hydrogen-bond acceptors (Lipinski definition) is 9. The molecule has 0 saturated carbocycles. The molecule has 2 fully saturated rings. The van der Waals surface area contributed by atoms with Crippen molar-refractivity contribution in [2.24, 2.45) is 11.8 Å². The maximum atomic E-state index is 13.0. The summed E-state index contributed by atoms with van der Waals surface area (Å²) in [6, 6.07) is -0.625. The molecule has 2 aliphatic heterocycles. The van der Waals surface area contributed by atoms with Gasteiger partial charge in [0.05, 0.1) is 18.8 Å². The Balaban J connectivity index is 0.000000502. The summed E-state index contributed by atoms with van der Waals surface area (Å²) in [6.45, 7) is 9.73. The highest BCUT2D eigenvalue weighted by molar-refractivity contribution is 5.86. The van der Waals surface area contributed by atoms with Crippen molar-refractivity contribution in [3.63, 3.8) is 0 Å². The first-order valence-electron chi connectivity index (χ1n) is 12.5. The van der Waals surface area contributed by atoms with Gasteiger partial charge in [-0.05, 0) is 37.8 Å². The molecule has 0 aromatic heterocycles. The number of hydrogen-bond donors (Lipinski definition) is 3. The van der Waals surface area contributed by atoms with Gasteiger partial charge >= 0.3 is 0 Å². The van der Waals surface area contributed by atoms with Crippen LogP contribution < -0.4 is 5.32 Å². The van der Waals surface area contributed by atoms with Gasteiger partial charge in [-0.15, -0.1) is 0 Å².